The maximum atomic E-state index is 11.8. The molecule has 0 radical (unpaired) electrons. The maximum Gasteiger partial charge on any atom is 0.256 e. The summed E-state index contributed by atoms with van der Waals surface area (Å²) in [7, 11) is 0. The number of amides is 1. The summed E-state index contributed by atoms with van der Waals surface area (Å²) in [6, 6.07) is 5.94. The van der Waals surface area contributed by atoms with Gasteiger partial charge in [-0.3, -0.25) is 9.78 Å². The Morgan fingerprint density at radius 1 is 1.35 bits per heavy atom. The van der Waals surface area contributed by atoms with Gasteiger partial charge in [0, 0.05) is 21.5 Å². The van der Waals surface area contributed by atoms with Crippen LogP contribution in [0.5, 0.6) is 0 Å². The number of hydrogen-bond donors (Lipinski definition) is 1. The zero-order valence-electron chi connectivity index (χ0n) is 9.23. The van der Waals surface area contributed by atoms with Crippen LogP contribution in [0.25, 0.3) is 11.6 Å². The number of rotatable bonds is 1. The van der Waals surface area contributed by atoms with E-state index in [9.17, 15) is 4.79 Å². The Bertz CT molecular complexity index is 628. The molecule has 1 N–H and O–H groups in total. The zero-order chi connectivity index (χ0) is 11.8. The fraction of sp³-hybridized carbons (Fsp3) is 0.0769. The molecular formula is C13H10N2OS. The summed E-state index contributed by atoms with van der Waals surface area (Å²) < 4.78 is 0. The highest BCUT2D eigenvalue weighted by Gasteiger charge is 2.23. The maximum absolute atomic E-state index is 11.8. The molecule has 3 rings (SSSR count). The van der Waals surface area contributed by atoms with Crippen LogP contribution in [-0.2, 0) is 4.79 Å². The van der Waals surface area contributed by atoms with Gasteiger partial charge in [-0.2, -0.15) is 0 Å². The first kappa shape index (κ1) is 10.2. The van der Waals surface area contributed by atoms with E-state index in [2.05, 4.69) is 23.3 Å². The number of thiophene rings is 1. The fourth-order valence-electron chi connectivity index (χ4n) is 1.86. The largest absolute Gasteiger partial charge is 0.320 e. The average molecular weight is 242 g/mol. The minimum absolute atomic E-state index is 0.0564. The average Bonchev–Trinajstić information content (AvgIpc) is 2.85. The molecule has 0 saturated carbocycles. The fourth-order valence-corrected chi connectivity index (χ4v) is 2.68. The second-order valence-electron chi connectivity index (χ2n) is 3.88. The molecule has 17 heavy (non-hydrogen) atoms. The minimum atomic E-state index is -0.0564. The van der Waals surface area contributed by atoms with Crippen molar-refractivity contribution in [2.75, 3.05) is 5.32 Å². The molecule has 0 bridgehead atoms. The number of nitrogens with zero attached hydrogens (tertiary/aromatic N) is 1. The Kier molecular flexibility index (Phi) is 2.30. The van der Waals surface area contributed by atoms with Crippen LogP contribution in [0.3, 0.4) is 0 Å². The molecule has 0 spiro atoms. The topological polar surface area (TPSA) is 42.0 Å². The van der Waals surface area contributed by atoms with Gasteiger partial charge in [-0.05, 0) is 31.2 Å². The van der Waals surface area contributed by atoms with Crippen molar-refractivity contribution in [1.82, 2.24) is 4.98 Å². The van der Waals surface area contributed by atoms with Crippen molar-refractivity contribution in [3.8, 4) is 0 Å². The number of carbonyl (C=O) groups excluding carboxylic acids is 1. The van der Waals surface area contributed by atoms with E-state index in [1.165, 1.54) is 4.88 Å². The molecule has 0 saturated heterocycles. The van der Waals surface area contributed by atoms with Gasteiger partial charge in [0.25, 0.3) is 5.91 Å². The van der Waals surface area contributed by atoms with Gasteiger partial charge in [-0.1, -0.05) is 0 Å². The van der Waals surface area contributed by atoms with E-state index in [4.69, 9.17) is 0 Å². The number of nitrogens with one attached hydrogen (secondary N) is 1. The zero-order valence-corrected chi connectivity index (χ0v) is 10.0. The summed E-state index contributed by atoms with van der Waals surface area (Å²) in [5, 5.41) is 2.81. The van der Waals surface area contributed by atoms with Gasteiger partial charge in [-0.25, -0.2) is 0 Å². The summed E-state index contributed by atoms with van der Waals surface area (Å²) in [6.07, 6.45) is 5.30. The first-order valence-corrected chi connectivity index (χ1v) is 6.09. The van der Waals surface area contributed by atoms with Crippen LogP contribution in [0.2, 0.25) is 0 Å². The van der Waals surface area contributed by atoms with E-state index < -0.39 is 0 Å². The van der Waals surface area contributed by atoms with Crippen LogP contribution >= 0.6 is 11.3 Å². The highest BCUT2D eigenvalue weighted by atomic mass is 32.1. The van der Waals surface area contributed by atoms with E-state index in [0.29, 0.717) is 5.57 Å². The van der Waals surface area contributed by atoms with Crippen LogP contribution < -0.4 is 5.32 Å². The number of carbonyl (C=O) groups is 1. The number of fused-ring (bicyclic) bond motifs is 1. The van der Waals surface area contributed by atoms with Crippen molar-refractivity contribution in [3.05, 3.63) is 45.9 Å². The first-order chi connectivity index (χ1) is 8.24. The van der Waals surface area contributed by atoms with Crippen LogP contribution in [0.15, 0.2) is 30.6 Å². The number of hydrogen-bond acceptors (Lipinski definition) is 3. The second kappa shape index (κ2) is 3.82. The minimum Gasteiger partial charge on any atom is -0.320 e. The molecular weight excluding hydrogens is 232 g/mol. The van der Waals surface area contributed by atoms with E-state index in [1.54, 1.807) is 23.7 Å². The third kappa shape index (κ3) is 1.76. The van der Waals surface area contributed by atoms with Gasteiger partial charge >= 0.3 is 0 Å². The van der Waals surface area contributed by atoms with E-state index in [-0.39, 0.29) is 5.91 Å². The van der Waals surface area contributed by atoms with Gasteiger partial charge < -0.3 is 5.32 Å². The quantitative estimate of drug-likeness (QED) is 0.781. The van der Waals surface area contributed by atoms with Crippen molar-refractivity contribution in [3.63, 3.8) is 0 Å². The Morgan fingerprint density at radius 2 is 2.24 bits per heavy atom. The third-order valence-corrected chi connectivity index (χ3v) is 3.60. The Balaban J connectivity index is 2.09. The van der Waals surface area contributed by atoms with Crippen molar-refractivity contribution in [2.24, 2.45) is 0 Å². The number of anilines is 1. The molecule has 3 heterocycles. The predicted octanol–water partition coefficient (Wildman–Crippen LogP) is 2.94. The van der Waals surface area contributed by atoms with Crippen LogP contribution in [0, 0.1) is 6.92 Å². The Hall–Kier alpha value is -1.94. The van der Waals surface area contributed by atoms with Gasteiger partial charge in [0.2, 0.25) is 0 Å². The second-order valence-corrected chi connectivity index (χ2v) is 5.20. The molecule has 1 aliphatic rings. The molecule has 2 aromatic rings. The van der Waals surface area contributed by atoms with Crippen molar-refractivity contribution < 1.29 is 4.79 Å². The lowest BCUT2D eigenvalue weighted by Crippen LogP contribution is -2.03. The van der Waals surface area contributed by atoms with Crippen molar-refractivity contribution in [1.29, 1.82) is 0 Å². The van der Waals surface area contributed by atoms with Gasteiger partial charge in [0.05, 0.1) is 17.5 Å². The number of pyridine rings is 1. The SMILES string of the molecule is Cc1ccc(C=C2C(=O)Nc3cnccc32)s1. The molecule has 0 aliphatic carbocycles. The van der Waals surface area contributed by atoms with E-state index >= 15 is 0 Å². The van der Waals surface area contributed by atoms with E-state index in [0.717, 1.165) is 16.1 Å². The molecule has 2 aromatic heterocycles. The van der Waals surface area contributed by atoms with Crippen LogP contribution in [0.4, 0.5) is 5.69 Å². The van der Waals surface area contributed by atoms with Crippen LogP contribution in [-0.4, -0.2) is 10.9 Å². The highest BCUT2D eigenvalue weighted by Crippen LogP contribution is 2.33. The number of aromatic nitrogens is 1. The van der Waals surface area contributed by atoms with Gasteiger partial charge in [0.15, 0.2) is 0 Å². The summed E-state index contributed by atoms with van der Waals surface area (Å²) >= 11 is 1.68. The molecule has 0 unspecified atom stereocenters. The summed E-state index contributed by atoms with van der Waals surface area (Å²) in [6.45, 7) is 2.05. The molecule has 0 fully saturated rings. The molecule has 1 aliphatic heterocycles. The van der Waals surface area contributed by atoms with Crippen molar-refractivity contribution >= 4 is 34.6 Å². The van der Waals surface area contributed by atoms with Gasteiger partial charge in [-0.15, -0.1) is 11.3 Å². The monoisotopic (exact) mass is 242 g/mol. The number of aryl methyl sites for hydroxylation is 1. The van der Waals surface area contributed by atoms with Gasteiger partial charge in [0.1, 0.15) is 0 Å². The predicted molar refractivity (Wildman–Crippen MR) is 69.8 cm³/mol. The summed E-state index contributed by atoms with van der Waals surface area (Å²) in [5.74, 6) is -0.0564. The molecule has 4 heteroatoms. The van der Waals surface area contributed by atoms with Crippen LogP contribution in [0.1, 0.15) is 15.3 Å². The lowest BCUT2D eigenvalue weighted by Gasteiger charge is -1.95. The normalized spacial score (nSPS) is 16.1. The Morgan fingerprint density at radius 3 is 3.00 bits per heavy atom. The molecule has 0 aromatic carbocycles. The lowest BCUT2D eigenvalue weighted by atomic mass is 10.1. The smallest absolute Gasteiger partial charge is 0.256 e. The molecule has 0 atom stereocenters. The first-order valence-electron chi connectivity index (χ1n) is 5.28. The molecule has 1 amide bonds. The third-order valence-electron chi connectivity index (χ3n) is 2.65. The highest BCUT2D eigenvalue weighted by molar-refractivity contribution is 7.12. The summed E-state index contributed by atoms with van der Waals surface area (Å²) in [5.41, 5.74) is 2.43. The Labute approximate surface area is 103 Å². The van der Waals surface area contributed by atoms with E-state index in [1.807, 2.05) is 18.2 Å². The lowest BCUT2D eigenvalue weighted by molar-refractivity contribution is -0.110. The van der Waals surface area contributed by atoms with Crippen molar-refractivity contribution in [2.45, 2.75) is 6.92 Å². The summed E-state index contributed by atoms with van der Waals surface area (Å²) in [4.78, 5) is 18.2. The standard InChI is InChI=1S/C13H10N2OS/c1-8-2-3-9(17-8)6-11-10-4-5-14-7-12(10)15-13(11)16/h2-7H,1H3,(H,15,16). The molecule has 3 nitrogen and oxygen atoms in total. The molecule has 84 valence electrons.